The first-order valence-electron chi connectivity index (χ1n) is 9.33. The van der Waals surface area contributed by atoms with E-state index in [2.05, 4.69) is 21.1 Å². The molecule has 2 N–H and O–H groups in total. The summed E-state index contributed by atoms with van der Waals surface area (Å²) in [6.45, 7) is 1.56. The van der Waals surface area contributed by atoms with Gasteiger partial charge in [0.05, 0.1) is 31.7 Å². The molecule has 9 heteroatoms. The standard InChI is InChI=1S/C22H22N4O5/c1-14-18(22(28)26-24-14)10-15-4-7-17(8-5-15)31-13-21(27)25-23-12-16-6-9-19(29-2)20(11-16)30-3/h4-12H,13H2,1-3H3,(H,25,27)(H,26,28)/b18-10+,23-12+. The molecule has 0 saturated heterocycles. The Bertz CT molecular complexity index is 1060. The molecule has 1 heterocycles. The van der Waals surface area contributed by atoms with Crippen LogP contribution in [0.25, 0.3) is 6.08 Å². The van der Waals surface area contributed by atoms with E-state index in [1.165, 1.54) is 6.21 Å². The number of carbonyl (C=O) groups excluding carboxylic acids is 2. The summed E-state index contributed by atoms with van der Waals surface area (Å²) < 4.78 is 15.9. The van der Waals surface area contributed by atoms with Gasteiger partial charge in [-0.1, -0.05) is 12.1 Å². The molecule has 0 fully saturated rings. The number of methoxy groups -OCH3 is 2. The van der Waals surface area contributed by atoms with Crippen molar-refractivity contribution in [3.8, 4) is 17.2 Å². The summed E-state index contributed by atoms with van der Waals surface area (Å²) in [4.78, 5) is 23.6. The Morgan fingerprint density at radius 1 is 1.10 bits per heavy atom. The minimum absolute atomic E-state index is 0.197. The van der Waals surface area contributed by atoms with E-state index in [-0.39, 0.29) is 12.5 Å². The molecule has 2 aromatic carbocycles. The van der Waals surface area contributed by atoms with Crippen molar-refractivity contribution in [2.24, 2.45) is 10.2 Å². The van der Waals surface area contributed by atoms with Crippen molar-refractivity contribution in [3.63, 3.8) is 0 Å². The molecule has 0 atom stereocenters. The Balaban J connectivity index is 1.50. The predicted molar refractivity (Wildman–Crippen MR) is 116 cm³/mol. The number of amides is 2. The highest BCUT2D eigenvalue weighted by Crippen LogP contribution is 2.26. The van der Waals surface area contributed by atoms with Crippen LogP contribution in [0.4, 0.5) is 0 Å². The molecule has 1 aliphatic heterocycles. The van der Waals surface area contributed by atoms with Crippen LogP contribution in [0, 0.1) is 0 Å². The summed E-state index contributed by atoms with van der Waals surface area (Å²) in [6, 6.07) is 12.3. The van der Waals surface area contributed by atoms with Crippen molar-refractivity contribution >= 4 is 29.8 Å². The zero-order chi connectivity index (χ0) is 22.2. The molecule has 0 unspecified atom stereocenters. The van der Waals surface area contributed by atoms with Crippen LogP contribution in [0.2, 0.25) is 0 Å². The van der Waals surface area contributed by atoms with Crippen LogP contribution in [0.5, 0.6) is 17.2 Å². The van der Waals surface area contributed by atoms with Gasteiger partial charge < -0.3 is 14.2 Å². The number of nitrogens with zero attached hydrogens (tertiary/aromatic N) is 2. The van der Waals surface area contributed by atoms with Crippen LogP contribution in [0.15, 0.2) is 58.2 Å². The van der Waals surface area contributed by atoms with Crippen LogP contribution in [-0.4, -0.2) is 44.6 Å². The summed E-state index contributed by atoms with van der Waals surface area (Å²) in [5.41, 5.74) is 7.52. The van der Waals surface area contributed by atoms with E-state index in [1.54, 1.807) is 69.7 Å². The van der Waals surface area contributed by atoms with Crippen molar-refractivity contribution in [2.75, 3.05) is 20.8 Å². The van der Waals surface area contributed by atoms with E-state index in [0.717, 1.165) is 11.1 Å². The van der Waals surface area contributed by atoms with Gasteiger partial charge in [-0.2, -0.15) is 10.2 Å². The highest BCUT2D eigenvalue weighted by atomic mass is 16.5. The quantitative estimate of drug-likeness (QED) is 0.385. The zero-order valence-electron chi connectivity index (χ0n) is 17.3. The first kappa shape index (κ1) is 21.6. The number of hydrogen-bond donors (Lipinski definition) is 2. The number of benzene rings is 2. The van der Waals surface area contributed by atoms with Gasteiger partial charge in [0, 0.05) is 0 Å². The average Bonchev–Trinajstić information content (AvgIpc) is 3.10. The van der Waals surface area contributed by atoms with E-state index >= 15 is 0 Å². The molecule has 0 spiro atoms. The topological polar surface area (TPSA) is 111 Å². The summed E-state index contributed by atoms with van der Waals surface area (Å²) >= 11 is 0. The summed E-state index contributed by atoms with van der Waals surface area (Å²) in [5.74, 6) is 1.05. The van der Waals surface area contributed by atoms with Gasteiger partial charge in [-0.15, -0.1) is 0 Å². The van der Waals surface area contributed by atoms with E-state index in [1.807, 2.05) is 0 Å². The summed E-state index contributed by atoms with van der Waals surface area (Å²) in [5, 5.41) is 7.79. The third-order valence-electron chi connectivity index (χ3n) is 4.33. The molecule has 0 aromatic heterocycles. The minimum Gasteiger partial charge on any atom is -0.493 e. The lowest BCUT2D eigenvalue weighted by Crippen LogP contribution is -2.24. The molecule has 2 amide bonds. The highest BCUT2D eigenvalue weighted by molar-refractivity contribution is 6.26. The maximum atomic E-state index is 11.9. The van der Waals surface area contributed by atoms with Gasteiger partial charge in [-0.25, -0.2) is 10.9 Å². The van der Waals surface area contributed by atoms with E-state index in [9.17, 15) is 9.59 Å². The van der Waals surface area contributed by atoms with Gasteiger partial charge >= 0.3 is 0 Å². The Morgan fingerprint density at radius 3 is 2.45 bits per heavy atom. The molecule has 0 aliphatic carbocycles. The van der Waals surface area contributed by atoms with Crippen molar-refractivity contribution in [2.45, 2.75) is 6.92 Å². The Labute approximate surface area is 179 Å². The number of rotatable bonds is 8. The van der Waals surface area contributed by atoms with Gasteiger partial charge in [0.15, 0.2) is 18.1 Å². The Hall–Kier alpha value is -4.14. The number of ether oxygens (including phenoxy) is 3. The molecule has 0 radical (unpaired) electrons. The molecule has 1 aliphatic rings. The maximum Gasteiger partial charge on any atom is 0.277 e. The van der Waals surface area contributed by atoms with Gasteiger partial charge in [-0.3, -0.25) is 9.59 Å². The SMILES string of the molecule is COc1ccc(/C=N/NC(=O)COc2ccc(/C=C3/C(=O)NN=C3C)cc2)cc1OC. The molecular weight excluding hydrogens is 400 g/mol. The monoisotopic (exact) mass is 422 g/mol. The molecule has 31 heavy (non-hydrogen) atoms. The van der Waals surface area contributed by atoms with E-state index in [4.69, 9.17) is 14.2 Å². The van der Waals surface area contributed by atoms with Crippen LogP contribution >= 0.6 is 0 Å². The van der Waals surface area contributed by atoms with Crippen molar-refractivity contribution in [1.29, 1.82) is 0 Å². The molecular formula is C22H22N4O5. The Morgan fingerprint density at radius 2 is 1.81 bits per heavy atom. The van der Waals surface area contributed by atoms with Crippen LogP contribution in [0.3, 0.4) is 0 Å². The lowest BCUT2D eigenvalue weighted by molar-refractivity contribution is -0.123. The molecule has 3 rings (SSSR count). The third-order valence-corrected chi connectivity index (χ3v) is 4.33. The first-order valence-corrected chi connectivity index (χ1v) is 9.33. The lowest BCUT2D eigenvalue weighted by Gasteiger charge is -2.07. The third kappa shape index (κ3) is 5.69. The minimum atomic E-state index is -0.405. The van der Waals surface area contributed by atoms with E-state index < -0.39 is 5.91 Å². The fourth-order valence-corrected chi connectivity index (χ4v) is 2.71. The zero-order valence-corrected chi connectivity index (χ0v) is 17.3. The first-order chi connectivity index (χ1) is 15.0. The summed E-state index contributed by atoms with van der Waals surface area (Å²) in [6.07, 6.45) is 3.23. The van der Waals surface area contributed by atoms with Crippen molar-refractivity contribution in [1.82, 2.24) is 10.9 Å². The maximum absolute atomic E-state index is 11.9. The van der Waals surface area contributed by atoms with Gasteiger partial charge in [0.2, 0.25) is 0 Å². The molecule has 160 valence electrons. The largest absolute Gasteiger partial charge is 0.493 e. The molecule has 9 nitrogen and oxygen atoms in total. The van der Waals surface area contributed by atoms with E-state index in [0.29, 0.717) is 28.5 Å². The van der Waals surface area contributed by atoms with Gasteiger partial charge in [0.25, 0.3) is 11.8 Å². The second-order valence-corrected chi connectivity index (χ2v) is 6.46. The summed E-state index contributed by atoms with van der Waals surface area (Å²) in [7, 11) is 3.10. The second-order valence-electron chi connectivity index (χ2n) is 6.46. The molecule has 0 saturated carbocycles. The predicted octanol–water partition coefficient (Wildman–Crippen LogP) is 2.12. The number of hydrogen-bond acceptors (Lipinski definition) is 7. The average molecular weight is 422 g/mol. The van der Waals surface area contributed by atoms with Gasteiger partial charge in [0.1, 0.15) is 5.75 Å². The lowest BCUT2D eigenvalue weighted by atomic mass is 10.1. The van der Waals surface area contributed by atoms with Gasteiger partial charge in [-0.05, 0) is 54.5 Å². The fraction of sp³-hybridized carbons (Fsp3) is 0.182. The van der Waals surface area contributed by atoms with Crippen LogP contribution in [0.1, 0.15) is 18.1 Å². The normalized spacial score (nSPS) is 14.4. The van der Waals surface area contributed by atoms with Crippen molar-refractivity contribution in [3.05, 3.63) is 59.2 Å². The van der Waals surface area contributed by atoms with Crippen LogP contribution < -0.4 is 25.1 Å². The number of carbonyl (C=O) groups is 2. The highest BCUT2D eigenvalue weighted by Gasteiger charge is 2.18. The molecule has 0 bridgehead atoms. The van der Waals surface area contributed by atoms with Crippen molar-refractivity contribution < 1.29 is 23.8 Å². The number of nitrogens with one attached hydrogen (secondary N) is 2. The smallest absolute Gasteiger partial charge is 0.277 e. The Kier molecular flexibility index (Phi) is 7.00. The van der Waals surface area contributed by atoms with Crippen LogP contribution in [-0.2, 0) is 9.59 Å². The fourth-order valence-electron chi connectivity index (χ4n) is 2.71. The second kappa shape index (κ2) is 10.1. The molecule has 2 aromatic rings. The number of hydrazone groups is 2.